The molecule has 3 aromatic rings. The first-order valence-electron chi connectivity index (χ1n) is 8.11. The standard InChI is InChI=1S/C17H20N6/c1-11(2)17-22-21-16-8-7-12(10-23(16)17)19-15-9-18-13-5-3-4-6-14(13)20-15/h3-6,9,11-12H,7-8,10H2,1-2H3,(H,19,20)/t12-/m0/s1. The molecule has 0 unspecified atom stereocenters. The van der Waals surface area contributed by atoms with E-state index in [9.17, 15) is 0 Å². The summed E-state index contributed by atoms with van der Waals surface area (Å²) in [4.78, 5) is 9.13. The second-order valence-electron chi connectivity index (χ2n) is 6.36. The molecule has 0 radical (unpaired) electrons. The van der Waals surface area contributed by atoms with Crippen molar-refractivity contribution in [2.45, 2.75) is 45.2 Å². The molecule has 0 bridgehead atoms. The molecule has 23 heavy (non-hydrogen) atoms. The molecule has 0 fully saturated rings. The average molecular weight is 308 g/mol. The van der Waals surface area contributed by atoms with E-state index in [1.165, 1.54) is 0 Å². The lowest BCUT2D eigenvalue weighted by Crippen LogP contribution is -2.32. The monoisotopic (exact) mass is 308 g/mol. The van der Waals surface area contributed by atoms with Crippen LogP contribution in [0.1, 0.15) is 37.8 Å². The minimum Gasteiger partial charge on any atom is -0.364 e. The van der Waals surface area contributed by atoms with Gasteiger partial charge in [0.15, 0.2) is 0 Å². The van der Waals surface area contributed by atoms with Gasteiger partial charge in [0, 0.05) is 24.9 Å². The van der Waals surface area contributed by atoms with Crippen LogP contribution in [-0.4, -0.2) is 30.8 Å². The molecule has 0 saturated heterocycles. The summed E-state index contributed by atoms with van der Waals surface area (Å²) in [7, 11) is 0. The molecule has 1 aliphatic heterocycles. The lowest BCUT2D eigenvalue weighted by atomic mass is 10.1. The van der Waals surface area contributed by atoms with Gasteiger partial charge in [0.25, 0.3) is 0 Å². The maximum absolute atomic E-state index is 4.66. The van der Waals surface area contributed by atoms with E-state index in [1.807, 2.05) is 30.5 Å². The van der Waals surface area contributed by atoms with Crippen molar-refractivity contribution in [3.05, 3.63) is 42.1 Å². The fourth-order valence-electron chi connectivity index (χ4n) is 3.13. The van der Waals surface area contributed by atoms with E-state index in [2.05, 4.69) is 43.9 Å². The van der Waals surface area contributed by atoms with E-state index < -0.39 is 0 Å². The molecule has 0 amide bonds. The molecule has 1 aromatic carbocycles. The minimum atomic E-state index is 0.325. The van der Waals surface area contributed by atoms with Gasteiger partial charge in [-0.15, -0.1) is 10.2 Å². The second-order valence-corrected chi connectivity index (χ2v) is 6.36. The van der Waals surface area contributed by atoms with Crippen LogP contribution in [0.25, 0.3) is 11.0 Å². The van der Waals surface area contributed by atoms with Crippen LogP contribution in [0.4, 0.5) is 5.82 Å². The highest BCUT2D eigenvalue weighted by Crippen LogP contribution is 2.22. The van der Waals surface area contributed by atoms with E-state index in [-0.39, 0.29) is 0 Å². The fourth-order valence-corrected chi connectivity index (χ4v) is 3.13. The van der Waals surface area contributed by atoms with Crippen LogP contribution in [0.2, 0.25) is 0 Å². The quantitative estimate of drug-likeness (QED) is 0.806. The van der Waals surface area contributed by atoms with Crippen molar-refractivity contribution < 1.29 is 0 Å². The van der Waals surface area contributed by atoms with E-state index in [1.54, 1.807) is 0 Å². The summed E-state index contributed by atoms with van der Waals surface area (Å²) in [6.07, 6.45) is 3.79. The first kappa shape index (κ1) is 14.1. The lowest BCUT2D eigenvalue weighted by molar-refractivity contribution is 0.458. The Morgan fingerprint density at radius 1 is 1.17 bits per heavy atom. The molecule has 0 spiro atoms. The summed E-state index contributed by atoms with van der Waals surface area (Å²) in [5.74, 6) is 3.37. The highest BCUT2D eigenvalue weighted by Gasteiger charge is 2.24. The highest BCUT2D eigenvalue weighted by atomic mass is 15.3. The molecule has 118 valence electrons. The number of anilines is 1. The maximum atomic E-state index is 4.66. The Hall–Kier alpha value is -2.50. The molecule has 3 heterocycles. The van der Waals surface area contributed by atoms with Gasteiger partial charge in [0.1, 0.15) is 17.5 Å². The SMILES string of the molecule is CC(C)c1nnc2n1C[C@@H](Nc1cnc3ccccc3n1)CC2. The Labute approximate surface area is 135 Å². The topological polar surface area (TPSA) is 68.5 Å². The van der Waals surface area contributed by atoms with Crippen molar-refractivity contribution in [1.82, 2.24) is 24.7 Å². The molecule has 0 aliphatic carbocycles. The summed E-state index contributed by atoms with van der Waals surface area (Å²) < 4.78 is 2.25. The number of aromatic nitrogens is 5. The third-order valence-electron chi connectivity index (χ3n) is 4.29. The molecule has 6 heteroatoms. The van der Waals surface area contributed by atoms with Gasteiger partial charge < -0.3 is 9.88 Å². The Bertz CT molecular complexity index is 838. The number of aryl methyl sites for hydroxylation is 1. The van der Waals surface area contributed by atoms with Gasteiger partial charge in [-0.2, -0.15) is 0 Å². The summed E-state index contributed by atoms with van der Waals surface area (Å²) in [6, 6.07) is 8.26. The van der Waals surface area contributed by atoms with Crippen LogP contribution in [0, 0.1) is 0 Å². The number of nitrogens with zero attached hydrogens (tertiary/aromatic N) is 5. The smallest absolute Gasteiger partial charge is 0.145 e. The number of benzene rings is 1. The zero-order chi connectivity index (χ0) is 15.8. The van der Waals surface area contributed by atoms with Gasteiger partial charge in [0.05, 0.1) is 17.2 Å². The molecular formula is C17H20N6. The Morgan fingerprint density at radius 3 is 2.83 bits per heavy atom. The Balaban J connectivity index is 1.56. The van der Waals surface area contributed by atoms with Gasteiger partial charge in [0.2, 0.25) is 0 Å². The van der Waals surface area contributed by atoms with Gasteiger partial charge in [-0.05, 0) is 18.6 Å². The molecule has 1 N–H and O–H groups in total. The van der Waals surface area contributed by atoms with Crippen molar-refractivity contribution in [2.24, 2.45) is 0 Å². The van der Waals surface area contributed by atoms with Gasteiger partial charge in [-0.25, -0.2) is 4.98 Å². The van der Waals surface area contributed by atoms with E-state index in [0.717, 1.165) is 47.9 Å². The second kappa shape index (κ2) is 5.61. The number of nitrogens with one attached hydrogen (secondary N) is 1. The number of rotatable bonds is 3. The molecule has 1 atom stereocenters. The van der Waals surface area contributed by atoms with Crippen molar-refractivity contribution in [3.63, 3.8) is 0 Å². The van der Waals surface area contributed by atoms with Crippen molar-refractivity contribution in [2.75, 3.05) is 5.32 Å². The predicted octanol–water partition coefficient (Wildman–Crippen LogP) is 2.77. The van der Waals surface area contributed by atoms with Crippen LogP contribution >= 0.6 is 0 Å². The van der Waals surface area contributed by atoms with Crippen molar-refractivity contribution in [3.8, 4) is 0 Å². The number of hydrogen-bond donors (Lipinski definition) is 1. The van der Waals surface area contributed by atoms with Crippen LogP contribution in [0.3, 0.4) is 0 Å². The maximum Gasteiger partial charge on any atom is 0.145 e. The van der Waals surface area contributed by atoms with Crippen LogP contribution in [0.5, 0.6) is 0 Å². The lowest BCUT2D eigenvalue weighted by Gasteiger charge is -2.26. The Kier molecular flexibility index (Phi) is 3.44. The van der Waals surface area contributed by atoms with E-state index >= 15 is 0 Å². The molecule has 2 aromatic heterocycles. The van der Waals surface area contributed by atoms with E-state index in [0.29, 0.717) is 12.0 Å². The third-order valence-corrected chi connectivity index (χ3v) is 4.29. The highest BCUT2D eigenvalue weighted by molar-refractivity contribution is 5.75. The average Bonchev–Trinajstić information content (AvgIpc) is 2.98. The molecule has 6 nitrogen and oxygen atoms in total. The van der Waals surface area contributed by atoms with Crippen LogP contribution < -0.4 is 5.32 Å². The zero-order valence-corrected chi connectivity index (χ0v) is 13.4. The summed E-state index contributed by atoms with van der Waals surface area (Å²) in [5.41, 5.74) is 1.84. The first-order chi connectivity index (χ1) is 11.2. The zero-order valence-electron chi connectivity index (χ0n) is 13.4. The summed E-state index contributed by atoms with van der Waals surface area (Å²) >= 11 is 0. The number of para-hydroxylation sites is 2. The minimum absolute atomic E-state index is 0.325. The largest absolute Gasteiger partial charge is 0.364 e. The molecule has 0 saturated carbocycles. The third kappa shape index (κ3) is 2.65. The van der Waals surface area contributed by atoms with Gasteiger partial charge >= 0.3 is 0 Å². The van der Waals surface area contributed by atoms with Gasteiger partial charge in [-0.3, -0.25) is 4.98 Å². The van der Waals surface area contributed by atoms with Gasteiger partial charge in [-0.1, -0.05) is 26.0 Å². The molecular weight excluding hydrogens is 288 g/mol. The predicted molar refractivity (Wildman–Crippen MR) is 89.4 cm³/mol. The van der Waals surface area contributed by atoms with Crippen molar-refractivity contribution >= 4 is 16.9 Å². The van der Waals surface area contributed by atoms with Crippen LogP contribution in [-0.2, 0) is 13.0 Å². The first-order valence-corrected chi connectivity index (χ1v) is 8.11. The van der Waals surface area contributed by atoms with Crippen molar-refractivity contribution in [1.29, 1.82) is 0 Å². The number of fused-ring (bicyclic) bond motifs is 2. The van der Waals surface area contributed by atoms with E-state index in [4.69, 9.17) is 0 Å². The summed E-state index contributed by atoms with van der Waals surface area (Å²) in [6.45, 7) is 5.19. The van der Waals surface area contributed by atoms with Crippen LogP contribution in [0.15, 0.2) is 30.5 Å². The molecule has 4 rings (SSSR count). The fraction of sp³-hybridized carbons (Fsp3) is 0.412. The molecule has 1 aliphatic rings. The Morgan fingerprint density at radius 2 is 2.00 bits per heavy atom. The summed E-state index contributed by atoms with van der Waals surface area (Å²) in [5, 5.41) is 12.2. The normalized spacial score (nSPS) is 17.4. The number of hydrogen-bond acceptors (Lipinski definition) is 5.